The highest BCUT2D eigenvalue weighted by molar-refractivity contribution is 6.17. The molecular weight excluding hydrogens is 276 g/mol. The molecular formula is C14H20N2O5. The minimum atomic E-state index is -1.03. The Kier molecular flexibility index (Phi) is 4.59. The van der Waals surface area contributed by atoms with Gasteiger partial charge in [0.15, 0.2) is 0 Å². The summed E-state index contributed by atoms with van der Waals surface area (Å²) in [7, 11) is 0. The van der Waals surface area contributed by atoms with Crippen molar-refractivity contribution in [3.63, 3.8) is 0 Å². The van der Waals surface area contributed by atoms with E-state index in [4.69, 9.17) is 4.74 Å². The predicted molar refractivity (Wildman–Crippen MR) is 71.9 cm³/mol. The number of hydrogen-bond donors (Lipinski definition) is 1. The van der Waals surface area contributed by atoms with Gasteiger partial charge in [-0.15, -0.1) is 0 Å². The number of barbiturate groups is 1. The molecule has 1 heterocycles. The second-order valence-corrected chi connectivity index (χ2v) is 5.45. The third-order valence-electron chi connectivity index (χ3n) is 4.12. The Morgan fingerprint density at radius 3 is 2.52 bits per heavy atom. The normalized spacial score (nSPS) is 25.0. The van der Waals surface area contributed by atoms with Crippen molar-refractivity contribution < 1.29 is 23.9 Å². The molecule has 1 N–H and O–H groups in total. The molecule has 0 spiro atoms. The molecule has 1 saturated carbocycles. The number of nitrogens with zero attached hydrogens (tertiary/aromatic N) is 1. The second-order valence-electron chi connectivity index (χ2n) is 5.45. The molecule has 4 amide bonds. The average Bonchev–Trinajstić information content (AvgIpc) is 2.92. The number of carbonyl (C=O) groups excluding carboxylic acids is 4. The van der Waals surface area contributed by atoms with Crippen molar-refractivity contribution in [1.82, 2.24) is 10.2 Å². The number of ether oxygens (including phenoxy) is 1. The summed E-state index contributed by atoms with van der Waals surface area (Å²) < 4.78 is 4.84. The molecule has 1 aliphatic heterocycles. The van der Waals surface area contributed by atoms with Crippen molar-refractivity contribution in [2.45, 2.75) is 45.6 Å². The standard InChI is InChI=1S/C14H20N2O5/c1-3-21-13(19)8(2)16-12(18)10(9-6-4-5-7-9)11(17)15-14(16)20/h8-10H,3-7H2,1-2H3,(H,15,17,20). The fraction of sp³-hybridized carbons (Fsp3) is 0.714. The highest BCUT2D eigenvalue weighted by Crippen LogP contribution is 2.34. The average molecular weight is 296 g/mol. The summed E-state index contributed by atoms with van der Waals surface area (Å²) >= 11 is 0. The van der Waals surface area contributed by atoms with E-state index in [1.54, 1.807) is 6.92 Å². The SMILES string of the molecule is CCOC(=O)C(C)N1C(=O)NC(=O)C(C2CCCC2)C1=O. The van der Waals surface area contributed by atoms with E-state index in [0.717, 1.165) is 30.6 Å². The Labute approximate surface area is 123 Å². The smallest absolute Gasteiger partial charge is 0.331 e. The number of esters is 1. The third-order valence-corrected chi connectivity index (χ3v) is 4.12. The molecule has 0 aromatic carbocycles. The van der Waals surface area contributed by atoms with Crippen molar-refractivity contribution in [3.05, 3.63) is 0 Å². The van der Waals surface area contributed by atoms with Gasteiger partial charge in [0.05, 0.1) is 6.61 Å². The van der Waals surface area contributed by atoms with E-state index in [1.807, 2.05) is 0 Å². The largest absolute Gasteiger partial charge is 0.464 e. The second kappa shape index (κ2) is 6.24. The van der Waals surface area contributed by atoms with Gasteiger partial charge in [-0.1, -0.05) is 12.8 Å². The maximum atomic E-state index is 12.5. The van der Waals surface area contributed by atoms with Crippen LogP contribution in [0.4, 0.5) is 4.79 Å². The van der Waals surface area contributed by atoms with E-state index >= 15 is 0 Å². The number of hydrogen-bond acceptors (Lipinski definition) is 5. The maximum absolute atomic E-state index is 12.5. The molecule has 2 atom stereocenters. The topological polar surface area (TPSA) is 92.8 Å². The zero-order valence-electron chi connectivity index (χ0n) is 12.3. The minimum absolute atomic E-state index is 0.0532. The monoisotopic (exact) mass is 296 g/mol. The van der Waals surface area contributed by atoms with Gasteiger partial charge >= 0.3 is 12.0 Å². The van der Waals surface area contributed by atoms with Gasteiger partial charge in [-0.3, -0.25) is 14.9 Å². The van der Waals surface area contributed by atoms with Crippen molar-refractivity contribution in [3.8, 4) is 0 Å². The number of carbonyl (C=O) groups is 4. The first-order chi connectivity index (χ1) is 9.97. The van der Waals surface area contributed by atoms with Gasteiger partial charge in [0.1, 0.15) is 12.0 Å². The van der Waals surface area contributed by atoms with E-state index in [2.05, 4.69) is 5.32 Å². The Morgan fingerprint density at radius 2 is 1.95 bits per heavy atom. The highest BCUT2D eigenvalue weighted by Gasteiger charge is 2.48. The van der Waals surface area contributed by atoms with Crippen LogP contribution in [0.5, 0.6) is 0 Å². The lowest BCUT2D eigenvalue weighted by Crippen LogP contribution is -2.63. The first-order valence-electron chi connectivity index (χ1n) is 7.32. The van der Waals surface area contributed by atoms with E-state index in [9.17, 15) is 19.2 Å². The summed E-state index contributed by atoms with van der Waals surface area (Å²) in [6.45, 7) is 3.24. The van der Waals surface area contributed by atoms with E-state index in [1.165, 1.54) is 6.92 Å². The number of urea groups is 1. The molecule has 21 heavy (non-hydrogen) atoms. The van der Waals surface area contributed by atoms with Gasteiger partial charge in [-0.05, 0) is 32.6 Å². The molecule has 0 aromatic heterocycles. The van der Waals surface area contributed by atoms with Gasteiger partial charge in [0, 0.05) is 0 Å². The number of imide groups is 2. The summed E-state index contributed by atoms with van der Waals surface area (Å²) in [5, 5.41) is 2.18. The number of rotatable bonds is 4. The fourth-order valence-electron chi connectivity index (χ4n) is 3.05. The quantitative estimate of drug-likeness (QED) is 0.612. The molecule has 116 valence electrons. The van der Waals surface area contributed by atoms with Crippen molar-refractivity contribution in [2.24, 2.45) is 11.8 Å². The van der Waals surface area contributed by atoms with Crippen LogP contribution in [0.3, 0.4) is 0 Å². The molecule has 7 nitrogen and oxygen atoms in total. The Bertz CT molecular complexity index is 470. The first kappa shape index (κ1) is 15.5. The fourth-order valence-corrected chi connectivity index (χ4v) is 3.05. The summed E-state index contributed by atoms with van der Waals surface area (Å²) in [6, 6.07) is -1.88. The van der Waals surface area contributed by atoms with Gasteiger partial charge in [0.2, 0.25) is 11.8 Å². The lowest BCUT2D eigenvalue weighted by atomic mass is 9.87. The van der Waals surface area contributed by atoms with Crippen LogP contribution >= 0.6 is 0 Å². The molecule has 2 aliphatic rings. The molecule has 2 fully saturated rings. The van der Waals surface area contributed by atoms with Crippen LogP contribution in [0.25, 0.3) is 0 Å². The number of amides is 4. The van der Waals surface area contributed by atoms with Crippen LogP contribution in [0.15, 0.2) is 0 Å². The van der Waals surface area contributed by atoms with Crippen molar-refractivity contribution in [1.29, 1.82) is 0 Å². The number of nitrogens with one attached hydrogen (secondary N) is 1. The van der Waals surface area contributed by atoms with Gasteiger partial charge in [0.25, 0.3) is 0 Å². The molecule has 2 rings (SSSR count). The van der Waals surface area contributed by atoms with Crippen molar-refractivity contribution in [2.75, 3.05) is 6.61 Å². The molecule has 1 saturated heterocycles. The Balaban J connectivity index is 2.20. The van der Waals surface area contributed by atoms with E-state index < -0.39 is 35.8 Å². The molecule has 0 bridgehead atoms. The molecule has 7 heteroatoms. The Hall–Kier alpha value is -1.92. The van der Waals surface area contributed by atoms with Gasteiger partial charge < -0.3 is 4.74 Å². The lowest BCUT2D eigenvalue weighted by molar-refractivity contribution is -0.157. The predicted octanol–water partition coefficient (Wildman–Crippen LogP) is 0.823. The van der Waals surface area contributed by atoms with Crippen LogP contribution in [0, 0.1) is 11.8 Å². The van der Waals surface area contributed by atoms with Gasteiger partial charge in [-0.25, -0.2) is 14.5 Å². The summed E-state index contributed by atoms with van der Waals surface area (Å²) in [5.74, 6) is -2.72. The van der Waals surface area contributed by atoms with Crippen LogP contribution in [0.2, 0.25) is 0 Å². The van der Waals surface area contributed by atoms with Gasteiger partial charge in [-0.2, -0.15) is 0 Å². The third kappa shape index (κ3) is 2.91. The summed E-state index contributed by atoms with van der Waals surface area (Å²) in [5.41, 5.74) is 0. The summed E-state index contributed by atoms with van der Waals surface area (Å²) in [4.78, 5) is 49.0. The summed E-state index contributed by atoms with van der Waals surface area (Å²) in [6.07, 6.45) is 3.53. The highest BCUT2D eigenvalue weighted by atomic mass is 16.5. The first-order valence-corrected chi connectivity index (χ1v) is 7.32. The molecule has 1 aliphatic carbocycles. The minimum Gasteiger partial charge on any atom is -0.464 e. The maximum Gasteiger partial charge on any atom is 0.331 e. The molecule has 0 radical (unpaired) electrons. The van der Waals surface area contributed by atoms with Crippen LogP contribution in [-0.4, -0.2) is 41.4 Å². The van der Waals surface area contributed by atoms with Crippen LogP contribution < -0.4 is 5.32 Å². The van der Waals surface area contributed by atoms with Crippen molar-refractivity contribution >= 4 is 23.8 Å². The Morgan fingerprint density at radius 1 is 1.33 bits per heavy atom. The van der Waals surface area contributed by atoms with Crippen LogP contribution in [-0.2, 0) is 19.1 Å². The zero-order chi connectivity index (χ0) is 15.6. The van der Waals surface area contributed by atoms with E-state index in [-0.39, 0.29) is 12.5 Å². The van der Waals surface area contributed by atoms with Crippen LogP contribution in [0.1, 0.15) is 39.5 Å². The molecule has 0 aromatic rings. The zero-order valence-corrected chi connectivity index (χ0v) is 12.3. The van der Waals surface area contributed by atoms with E-state index in [0.29, 0.717) is 0 Å². The molecule has 2 unspecified atom stereocenters. The lowest BCUT2D eigenvalue weighted by Gasteiger charge is -2.35.